The minimum absolute atomic E-state index is 0.410. The maximum atomic E-state index is 6.04. The van der Waals surface area contributed by atoms with E-state index in [1.807, 2.05) is 0 Å². The van der Waals surface area contributed by atoms with E-state index in [0.717, 1.165) is 0 Å². The summed E-state index contributed by atoms with van der Waals surface area (Å²) in [5.41, 5.74) is 6.04. The smallest absolute Gasteiger partial charge is 0.0241 e. The van der Waals surface area contributed by atoms with Crippen molar-refractivity contribution in [1.82, 2.24) is 4.90 Å². The summed E-state index contributed by atoms with van der Waals surface area (Å²) >= 11 is 0. The second-order valence-electron chi connectivity index (χ2n) is 3.83. The lowest BCUT2D eigenvalue weighted by Crippen LogP contribution is -2.43. The fraction of sp³-hybridized carbons (Fsp3) is 1.00. The van der Waals surface area contributed by atoms with Crippen LogP contribution in [0, 0.1) is 0 Å². The van der Waals surface area contributed by atoms with Crippen LogP contribution in [-0.2, 0) is 0 Å². The number of hydrogen-bond acceptors (Lipinski definition) is 2. The van der Waals surface area contributed by atoms with E-state index in [4.69, 9.17) is 5.73 Å². The van der Waals surface area contributed by atoms with Crippen molar-refractivity contribution in [3.63, 3.8) is 0 Å². The van der Waals surface area contributed by atoms with E-state index in [9.17, 15) is 0 Å². The van der Waals surface area contributed by atoms with E-state index in [1.165, 1.54) is 32.1 Å². The first kappa shape index (κ1) is 9.01. The van der Waals surface area contributed by atoms with Gasteiger partial charge in [-0.2, -0.15) is 0 Å². The minimum atomic E-state index is 0.410. The molecule has 2 nitrogen and oxygen atoms in total. The van der Waals surface area contributed by atoms with Gasteiger partial charge in [-0.3, -0.25) is 0 Å². The van der Waals surface area contributed by atoms with Gasteiger partial charge in [-0.05, 0) is 26.9 Å². The summed E-state index contributed by atoms with van der Waals surface area (Å²) in [4.78, 5) is 2.27. The number of nitrogens with zero attached hydrogens (tertiary/aromatic N) is 1. The Morgan fingerprint density at radius 1 is 1.09 bits per heavy atom. The van der Waals surface area contributed by atoms with Crippen LogP contribution < -0.4 is 5.73 Å². The Balaban J connectivity index is 2.45. The first-order valence-corrected chi connectivity index (χ1v) is 4.64. The summed E-state index contributed by atoms with van der Waals surface area (Å²) in [5.74, 6) is 0. The zero-order chi connectivity index (χ0) is 8.27. The highest BCUT2D eigenvalue weighted by atomic mass is 15.1. The van der Waals surface area contributed by atoms with Crippen molar-refractivity contribution >= 4 is 0 Å². The molecule has 1 aliphatic carbocycles. The molecule has 0 aromatic rings. The summed E-state index contributed by atoms with van der Waals surface area (Å²) in [6, 6.07) is 1.03. The van der Waals surface area contributed by atoms with Crippen LogP contribution in [0.2, 0.25) is 0 Å². The van der Waals surface area contributed by atoms with Gasteiger partial charge in [0, 0.05) is 12.1 Å². The van der Waals surface area contributed by atoms with Crippen molar-refractivity contribution in [1.29, 1.82) is 0 Å². The highest BCUT2D eigenvalue weighted by Gasteiger charge is 2.21. The van der Waals surface area contributed by atoms with Gasteiger partial charge in [-0.25, -0.2) is 0 Å². The monoisotopic (exact) mass is 156 g/mol. The van der Waals surface area contributed by atoms with Crippen LogP contribution in [0.4, 0.5) is 0 Å². The Kier molecular flexibility index (Phi) is 3.34. The highest BCUT2D eigenvalue weighted by Crippen LogP contribution is 2.19. The number of likely N-dealkylation sites (N-methyl/N-ethyl adjacent to an activating group) is 1. The SMILES string of the molecule is CN(C)[C@H]1CCCCC[C@@H]1N. The molecule has 0 aliphatic heterocycles. The van der Waals surface area contributed by atoms with Gasteiger partial charge in [-0.15, -0.1) is 0 Å². The second kappa shape index (κ2) is 4.07. The number of rotatable bonds is 1. The standard InChI is InChI=1S/C9H20N2/c1-11(2)9-7-5-3-4-6-8(9)10/h8-9H,3-7,10H2,1-2H3/t8-,9-/m0/s1. The lowest BCUT2D eigenvalue weighted by Gasteiger charge is -2.27. The molecule has 1 rings (SSSR count). The molecule has 1 saturated carbocycles. The molecule has 0 radical (unpaired) electrons. The first-order valence-electron chi connectivity index (χ1n) is 4.64. The summed E-state index contributed by atoms with van der Waals surface area (Å²) < 4.78 is 0. The molecule has 0 saturated heterocycles. The molecule has 2 N–H and O–H groups in total. The number of nitrogens with two attached hydrogens (primary N) is 1. The fourth-order valence-electron chi connectivity index (χ4n) is 1.96. The zero-order valence-electron chi connectivity index (χ0n) is 7.71. The van der Waals surface area contributed by atoms with E-state index in [1.54, 1.807) is 0 Å². The van der Waals surface area contributed by atoms with E-state index in [0.29, 0.717) is 12.1 Å². The lowest BCUT2D eigenvalue weighted by molar-refractivity contribution is 0.241. The molecule has 0 aromatic heterocycles. The topological polar surface area (TPSA) is 29.3 Å². The maximum Gasteiger partial charge on any atom is 0.0241 e. The summed E-state index contributed by atoms with van der Waals surface area (Å²) in [5, 5.41) is 0. The molecule has 0 bridgehead atoms. The van der Waals surface area contributed by atoms with Crippen LogP contribution in [0.5, 0.6) is 0 Å². The van der Waals surface area contributed by atoms with Crippen LogP contribution in [-0.4, -0.2) is 31.1 Å². The molecule has 0 spiro atoms. The van der Waals surface area contributed by atoms with Gasteiger partial charge in [0.05, 0.1) is 0 Å². The second-order valence-corrected chi connectivity index (χ2v) is 3.83. The predicted molar refractivity (Wildman–Crippen MR) is 48.5 cm³/mol. The molecule has 1 aliphatic rings. The first-order chi connectivity index (χ1) is 5.22. The highest BCUT2D eigenvalue weighted by molar-refractivity contribution is 4.81. The van der Waals surface area contributed by atoms with Crippen molar-refractivity contribution in [3.8, 4) is 0 Å². The van der Waals surface area contributed by atoms with Gasteiger partial charge >= 0.3 is 0 Å². The van der Waals surface area contributed by atoms with E-state index in [-0.39, 0.29) is 0 Å². The van der Waals surface area contributed by atoms with Crippen molar-refractivity contribution in [2.75, 3.05) is 14.1 Å². The van der Waals surface area contributed by atoms with Crippen molar-refractivity contribution in [2.45, 2.75) is 44.2 Å². The molecule has 1 fully saturated rings. The van der Waals surface area contributed by atoms with E-state index in [2.05, 4.69) is 19.0 Å². The fourth-order valence-corrected chi connectivity index (χ4v) is 1.96. The molecule has 66 valence electrons. The summed E-state index contributed by atoms with van der Waals surface area (Å²) in [6.45, 7) is 0. The van der Waals surface area contributed by atoms with Gasteiger partial charge in [0.2, 0.25) is 0 Å². The van der Waals surface area contributed by atoms with Gasteiger partial charge in [-0.1, -0.05) is 19.3 Å². The van der Waals surface area contributed by atoms with Crippen LogP contribution in [0.3, 0.4) is 0 Å². The molecule has 11 heavy (non-hydrogen) atoms. The van der Waals surface area contributed by atoms with Crippen LogP contribution in [0.25, 0.3) is 0 Å². The average molecular weight is 156 g/mol. The minimum Gasteiger partial charge on any atom is -0.326 e. The zero-order valence-corrected chi connectivity index (χ0v) is 7.71. The van der Waals surface area contributed by atoms with Crippen LogP contribution in [0.15, 0.2) is 0 Å². The van der Waals surface area contributed by atoms with E-state index >= 15 is 0 Å². The van der Waals surface area contributed by atoms with Crippen LogP contribution in [0.1, 0.15) is 32.1 Å². The molecule has 0 amide bonds. The number of hydrogen-bond donors (Lipinski definition) is 1. The third kappa shape index (κ3) is 2.46. The Morgan fingerprint density at radius 3 is 2.36 bits per heavy atom. The lowest BCUT2D eigenvalue weighted by atomic mass is 10.0. The Hall–Kier alpha value is -0.0800. The molecule has 0 aromatic carbocycles. The van der Waals surface area contributed by atoms with E-state index < -0.39 is 0 Å². The van der Waals surface area contributed by atoms with Crippen molar-refractivity contribution in [2.24, 2.45) is 5.73 Å². The molecule has 0 heterocycles. The predicted octanol–water partition coefficient (Wildman–Crippen LogP) is 1.21. The normalized spacial score (nSPS) is 33.8. The molecule has 0 unspecified atom stereocenters. The van der Waals surface area contributed by atoms with Crippen molar-refractivity contribution < 1.29 is 0 Å². The Morgan fingerprint density at radius 2 is 1.73 bits per heavy atom. The maximum absolute atomic E-state index is 6.04. The quantitative estimate of drug-likeness (QED) is 0.578. The molecule has 2 heteroatoms. The summed E-state index contributed by atoms with van der Waals surface area (Å²) in [7, 11) is 4.27. The summed E-state index contributed by atoms with van der Waals surface area (Å²) in [6.07, 6.45) is 6.55. The largest absolute Gasteiger partial charge is 0.326 e. The van der Waals surface area contributed by atoms with Crippen LogP contribution >= 0.6 is 0 Å². The van der Waals surface area contributed by atoms with Gasteiger partial charge < -0.3 is 10.6 Å². The third-order valence-electron chi connectivity index (χ3n) is 2.69. The molecule has 2 atom stereocenters. The third-order valence-corrected chi connectivity index (χ3v) is 2.69. The molecular formula is C9H20N2. The van der Waals surface area contributed by atoms with Gasteiger partial charge in [0.15, 0.2) is 0 Å². The Bertz CT molecular complexity index is 112. The van der Waals surface area contributed by atoms with Gasteiger partial charge in [0.1, 0.15) is 0 Å². The Labute approximate surface area is 69.8 Å². The molecular weight excluding hydrogens is 136 g/mol. The average Bonchev–Trinajstić information content (AvgIpc) is 2.13. The van der Waals surface area contributed by atoms with Crippen molar-refractivity contribution in [3.05, 3.63) is 0 Å². The van der Waals surface area contributed by atoms with Gasteiger partial charge in [0.25, 0.3) is 0 Å².